The molecule has 0 atom stereocenters. The number of halogens is 2. The highest BCUT2D eigenvalue weighted by atomic mass is 19.2. The Morgan fingerprint density at radius 1 is 1.11 bits per heavy atom. The quantitative estimate of drug-likeness (QED) is 0.906. The van der Waals surface area contributed by atoms with Gasteiger partial charge in [0, 0.05) is 17.4 Å². The number of aromatic nitrogens is 2. The summed E-state index contributed by atoms with van der Waals surface area (Å²) in [7, 11) is 0. The molecule has 98 valence electrons. The minimum atomic E-state index is -1.02. The minimum absolute atomic E-state index is 0.165. The third-order valence-electron chi connectivity index (χ3n) is 2.38. The van der Waals surface area contributed by atoms with Crippen molar-refractivity contribution in [2.24, 2.45) is 0 Å². The van der Waals surface area contributed by atoms with Gasteiger partial charge in [0.15, 0.2) is 11.6 Å². The molecule has 0 spiro atoms. The number of hydrogen-bond donors (Lipinski definition) is 1. The van der Waals surface area contributed by atoms with Crippen molar-refractivity contribution in [1.29, 1.82) is 0 Å². The summed E-state index contributed by atoms with van der Waals surface area (Å²) < 4.78 is 25.8. The Morgan fingerprint density at radius 2 is 1.84 bits per heavy atom. The molecule has 2 rings (SSSR count). The first kappa shape index (κ1) is 13.1. The fraction of sp³-hybridized carbons (Fsp3) is 0.154. The number of rotatable bonds is 2. The zero-order valence-corrected chi connectivity index (χ0v) is 10.4. The topological polar surface area (TPSA) is 54.9 Å². The molecule has 1 heterocycles. The van der Waals surface area contributed by atoms with Crippen molar-refractivity contribution >= 4 is 11.6 Å². The van der Waals surface area contributed by atoms with Crippen LogP contribution in [-0.4, -0.2) is 15.9 Å². The number of nitrogens with zero attached hydrogens (tertiary/aromatic N) is 2. The number of carbonyl (C=O) groups excluding carboxylic acids is 1. The van der Waals surface area contributed by atoms with Gasteiger partial charge >= 0.3 is 0 Å². The highest BCUT2D eigenvalue weighted by Crippen LogP contribution is 2.14. The highest BCUT2D eigenvalue weighted by molar-refractivity contribution is 6.02. The van der Waals surface area contributed by atoms with Crippen LogP contribution < -0.4 is 5.32 Å². The van der Waals surface area contributed by atoms with Crippen LogP contribution in [-0.2, 0) is 0 Å². The van der Waals surface area contributed by atoms with E-state index < -0.39 is 17.5 Å². The van der Waals surface area contributed by atoms with E-state index in [0.29, 0.717) is 11.5 Å². The van der Waals surface area contributed by atoms with Gasteiger partial charge in [-0.05, 0) is 32.0 Å². The summed E-state index contributed by atoms with van der Waals surface area (Å²) in [6, 6.07) is 4.65. The van der Waals surface area contributed by atoms with Gasteiger partial charge < -0.3 is 5.32 Å². The van der Waals surface area contributed by atoms with E-state index in [0.717, 1.165) is 12.1 Å². The Labute approximate surface area is 108 Å². The Balaban J connectivity index is 2.22. The van der Waals surface area contributed by atoms with Crippen LogP contribution in [0.1, 0.15) is 22.0 Å². The maximum atomic E-state index is 13.0. The number of nitrogens with one attached hydrogen (secondary N) is 1. The second kappa shape index (κ2) is 5.09. The molecule has 0 unspecified atom stereocenters. The van der Waals surface area contributed by atoms with Crippen LogP contribution in [0.4, 0.5) is 14.5 Å². The van der Waals surface area contributed by atoms with Crippen LogP contribution >= 0.6 is 0 Å². The lowest BCUT2D eigenvalue weighted by Gasteiger charge is -2.06. The van der Waals surface area contributed by atoms with E-state index in [1.165, 1.54) is 12.1 Å². The van der Waals surface area contributed by atoms with Gasteiger partial charge in [-0.15, -0.1) is 0 Å². The van der Waals surface area contributed by atoms with E-state index in [9.17, 15) is 13.6 Å². The van der Waals surface area contributed by atoms with Gasteiger partial charge in [0.2, 0.25) is 0 Å². The zero-order valence-electron chi connectivity index (χ0n) is 10.4. The van der Waals surface area contributed by atoms with Crippen molar-refractivity contribution in [2.45, 2.75) is 13.8 Å². The van der Waals surface area contributed by atoms with Crippen molar-refractivity contribution in [3.8, 4) is 0 Å². The van der Waals surface area contributed by atoms with Crippen LogP contribution in [0.25, 0.3) is 0 Å². The molecule has 4 nitrogen and oxygen atoms in total. The van der Waals surface area contributed by atoms with Crippen molar-refractivity contribution in [3.63, 3.8) is 0 Å². The molecule has 0 bridgehead atoms. The van der Waals surface area contributed by atoms with Gasteiger partial charge in [0.1, 0.15) is 11.5 Å². The molecule has 0 saturated heterocycles. The van der Waals surface area contributed by atoms with Crippen LogP contribution in [0.5, 0.6) is 0 Å². The fourth-order valence-electron chi connectivity index (χ4n) is 1.60. The summed E-state index contributed by atoms with van der Waals surface area (Å²) >= 11 is 0. The van der Waals surface area contributed by atoms with Crippen molar-refractivity contribution < 1.29 is 13.6 Å². The van der Waals surface area contributed by atoms with Crippen LogP contribution in [0, 0.1) is 25.5 Å². The molecule has 1 aromatic heterocycles. The second-order valence-electron chi connectivity index (χ2n) is 4.02. The van der Waals surface area contributed by atoms with Gasteiger partial charge in [-0.1, -0.05) is 0 Å². The lowest BCUT2D eigenvalue weighted by molar-refractivity contribution is 0.102. The number of hydrogen-bond acceptors (Lipinski definition) is 3. The summed E-state index contributed by atoms with van der Waals surface area (Å²) in [5.74, 6) is -2.02. The lowest BCUT2D eigenvalue weighted by atomic mass is 10.2. The summed E-state index contributed by atoms with van der Waals surface area (Å²) in [6.07, 6.45) is 0. The predicted octanol–water partition coefficient (Wildman–Crippen LogP) is 2.62. The molecule has 0 saturated carbocycles. The zero-order chi connectivity index (χ0) is 14.0. The Bertz CT molecular complexity index is 624. The highest BCUT2D eigenvalue weighted by Gasteiger charge is 2.11. The van der Waals surface area contributed by atoms with Gasteiger partial charge in [0.05, 0.1) is 0 Å². The fourth-order valence-corrected chi connectivity index (χ4v) is 1.60. The maximum absolute atomic E-state index is 13.0. The molecule has 6 heteroatoms. The molecule has 0 fully saturated rings. The van der Waals surface area contributed by atoms with Crippen molar-refractivity contribution in [2.75, 3.05) is 5.32 Å². The third-order valence-corrected chi connectivity index (χ3v) is 2.38. The van der Waals surface area contributed by atoms with Crippen LogP contribution in [0.15, 0.2) is 24.3 Å². The van der Waals surface area contributed by atoms with Crippen molar-refractivity contribution in [3.05, 3.63) is 53.1 Å². The Hall–Kier alpha value is -2.37. The first-order valence-electron chi connectivity index (χ1n) is 5.54. The number of amides is 1. The third kappa shape index (κ3) is 3.09. The van der Waals surface area contributed by atoms with Gasteiger partial charge in [0.25, 0.3) is 5.91 Å². The molecule has 1 aromatic carbocycles. The second-order valence-corrected chi connectivity index (χ2v) is 4.02. The molecule has 1 N–H and O–H groups in total. The summed E-state index contributed by atoms with van der Waals surface area (Å²) in [6.45, 7) is 3.41. The molecule has 19 heavy (non-hydrogen) atoms. The lowest BCUT2D eigenvalue weighted by Crippen LogP contribution is -2.15. The average Bonchev–Trinajstić information content (AvgIpc) is 2.32. The SMILES string of the molecule is Cc1cc(C(=O)Nc2ccc(F)c(F)c2)nc(C)n1. The van der Waals surface area contributed by atoms with E-state index in [1.54, 1.807) is 13.8 Å². The predicted molar refractivity (Wildman–Crippen MR) is 65.8 cm³/mol. The molecule has 2 aromatic rings. The number of carbonyl (C=O) groups is 1. The first-order valence-corrected chi connectivity index (χ1v) is 5.54. The maximum Gasteiger partial charge on any atom is 0.274 e. The summed E-state index contributed by atoms with van der Waals surface area (Å²) in [5, 5.41) is 2.44. The standard InChI is InChI=1S/C13H11F2N3O/c1-7-5-12(17-8(2)16-7)13(19)18-9-3-4-10(14)11(15)6-9/h3-6H,1-2H3,(H,18,19). The van der Waals surface area contributed by atoms with E-state index in [4.69, 9.17) is 0 Å². The molecule has 0 aliphatic heterocycles. The number of benzene rings is 1. The molecule has 0 radical (unpaired) electrons. The minimum Gasteiger partial charge on any atom is -0.321 e. The first-order chi connectivity index (χ1) is 8.95. The van der Waals surface area contributed by atoms with E-state index in [-0.39, 0.29) is 11.4 Å². The van der Waals surface area contributed by atoms with Gasteiger partial charge in [-0.25, -0.2) is 18.7 Å². The van der Waals surface area contributed by atoms with Gasteiger partial charge in [-0.2, -0.15) is 0 Å². The molecular weight excluding hydrogens is 252 g/mol. The number of aryl methyl sites for hydroxylation is 2. The molecule has 1 amide bonds. The van der Waals surface area contributed by atoms with E-state index in [2.05, 4.69) is 15.3 Å². The van der Waals surface area contributed by atoms with Crippen LogP contribution in [0.3, 0.4) is 0 Å². The molecule has 0 aliphatic rings. The Morgan fingerprint density at radius 3 is 2.47 bits per heavy atom. The summed E-state index contributed by atoms with van der Waals surface area (Å²) in [5.41, 5.74) is 0.996. The summed E-state index contributed by atoms with van der Waals surface area (Å²) in [4.78, 5) is 19.9. The van der Waals surface area contributed by atoms with E-state index in [1.807, 2.05) is 0 Å². The smallest absolute Gasteiger partial charge is 0.274 e. The molecule has 0 aliphatic carbocycles. The van der Waals surface area contributed by atoms with Crippen LogP contribution in [0.2, 0.25) is 0 Å². The average molecular weight is 263 g/mol. The van der Waals surface area contributed by atoms with Crippen molar-refractivity contribution in [1.82, 2.24) is 9.97 Å². The van der Waals surface area contributed by atoms with Gasteiger partial charge in [-0.3, -0.25) is 4.79 Å². The normalized spacial score (nSPS) is 10.3. The molecular formula is C13H11F2N3O. The van der Waals surface area contributed by atoms with E-state index >= 15 is 0 Å². The largest absolute Gasteiger partial charge is 0.321 e. The Kier molecular flexibility index (Phi) is 3.50. The number of anilines is 1. The monoisotopic (exact) mass is 263 g/mol.